The number of anilines is 1. The minimum Gasteiger partial charge on any atom is -0.379 e. The van der Waals surface area contributed by atoms with Crippen LogP contribution in [0.2, 0.25) is 0 Å². The number of nitrogens with zero attached hydrogens (tertiary/aromatic N) is 4. The minimum absolute atomic E-state index is 0.0242. The van der Waals surface area contributed by atoms with E-state index in [0.29, 0.717) is 5.92 Å². The number of aromatic nitrogens is 4. The molecular formula is C21H21BrF3N5. The Bertz CT molecular complexity index is 1030. The molecular weight excluding hydrogens is 459 g/mol. The molecule has 0 radical (unpaired) electrons. The largest absolute Gasteiger partial charge is 0.418 e. The van der Waals surface area contributed by atoms with E-state index < -0.39 is 11.7 Å². The van der Waals surface area contributed by atoms with Gasteiger partial charge in [-0.1, -0.05) is 22.4 Å². The van der Waals surface area contributed by atoms with Crippen molar-refractivity contribution in [3.05, 3.63) is 70.0 Å². The van der Waals surface area contributed by atoms with Gasteiger partial charge in [-0.2, -0.15) is 13.2 Å². The molecule has 0 spiro atoms. The average Bonchev–Trinajstić information content (AvgIpc) is 3.07. The van der Waals surface area contributed by atoms with Crippen molar-refractivity contribution in [1.29, 1.82) is 0 Å². The van der Waals surface area contributed by atoms with Crippen molar-refractivity contribution in [3.63, 3.8) is 0 Å². The summed E-state index contributed by atoms with van der Waals surface area (Å²) in [7, 11) is 1.93. The highest BCUT2D eigenvalue weighted by Crippen LogP contribution is 2.43. The molecule has 1 fully saturated rings. The number of hydrogen-bond acceptors (Lipinski definition) is 4. The lowest BCUT2D eigenvalue weighted by Crippen LogP contribution is -2.24. The number of hydrogen-bond donors (Lipinski definition) is 1. The highest BCUT2D eigenvalue weighted by Gasteiger charge is 2.34. The van der Waals surface area contributed by atoms with Crippen molar-refractivity contribution >= 4 is 21.6 Å². The molecule has 30 heavy (non-hydrogen) atoms. The van der Waals surface area contributed by atoms with Gasteiger partial charge in [0.25, 0.3) is 0 Å². The maximum atomic E-state index is 13.2. The molecule has 1 saturated carbocycles. The molecule has 158 valence electrons. The second-order valence-electron chi connectivity index (χ2n) is 7.59. The summed E-state index contributed by atoms with van der Waals surface area (Å²) >= 11 is 3.55. The van der Waals surface area contributed by atoms with Crippen LogP contribution in [0, 0.1) is 5.92 Å². The zero-order chi connectivity index (χ0) is 21.3. The summed E-state index contributed by atoms with van der Waals surface area (Å²) in [5.41, 5.74) is 1.03. The summed E-state index contributed by atoms with van der Waals surface area (Å²) in [5, 5.41) is 11.5. The Hall–Kier alpha value is -2.42. The first-order valence-corrected chi connectivity index (χ1v) is 10.5. The number of halogens is 4. The van der Waals surface area contributed by atoms with Crippen LogP contribution in [0.25, 0.3) is 0 Å². The van der Waals surface area contributed by atoms with Crippen LogP contribution in [0.3, 0.4) is 0 Å². The standard InChI is InChI=1S/C21H21BrF3N5/c1-30-12-28-29-20(30)19(13-4-2-5-13)14-8-15(22)10-16(9-14)27-11-18-17(21(23,24)25)6-3-7-26-18/h3,6-10,12-13,19,27H,2,4-5,11H2,1H3. The summed E-state index contributed by atoms with van der Waals surface area (Å²) in [4.78, 5) is 3.93. The number of alkyl halides is 3. The van der Waals surface area contributed by atoms with Crippen LogP contribution in [0.1, 0.15) is 47.8 Å². The number of aryl methyl sites for hydroxylation is 1. The lowest BCUT2D eigenvalue weighted by Gasteiger charge is -2.33. The molecule has 0 bridgehead atoms. The Morgan fingerprint density at radius 1 is 1.27 bits per heavy atom. The van der Waals surface area contributed by atoms with Gasteiger partial charge in [-0.05, 0) is 54.7 Å². The molecule has 9 heteroatoms. The van der Waals surface area contributed by atoms with E-state index in [9.17, 15) is 13.2 Å². The van der Waals surface area contributed by atoms with E-state index in [2.05, 4.69) is 36.4 Å². The minimum atomic E-state index is -4.44. The molecule has 1 unspecified atom stereocenters. The van der Waals surface area contributed by atoms with Crippen LogP contribution in [0.4, 0.5) is 18.9 Å². The van der Waals surface area contributed by atoms with Crippen molar-refractivity contribution in [2.24, 2.45) is 13.0 Å². The number of benzene rings is 1. The van der Waals surface area contributed by atoms with Gasteiger partial charge < -0.3 is 9.88 Å². The van der Waals surface area contributed by atoms with Crippen LogP contribution in [0.15, 0.2) is 47.3 Å². The summed E-state index contributed by atoms with van der Waals surface area (Å²) in [6.45, 7) is -0.0242. The Balaban J connectivity index is 1.62. The van der Waals surface area contributed by atoms with Gasteiger partial charge in [-0.15, -0.1) is 10.2 Å². The van der Waals surface area contributed by atoms with Crippen molar-refractivity contribution in [3.8, 4) is 0 Å². The zero-order valence-corrected chi connectivity index (χ0v) is 17.9. The SMILES string of the molecule is Cn1cnnc1C(c1cc(Br)cc(NCc2ncccc2C(F)(F)F)c1)C1CCC1. The maximum Gasteiger partial charge on any atom is 0.418 e. The fraction of sp³-hybridized carbons (Fsp3) is 0.381. The van der Waals surface area contributed by atoms with Crippen molar-refractivity contribution in [2.45, 2.75) is 37.9 Å². The third kappa shape index (κ3) is 4.35. The van der Waals surface area contributed by atoms with E-state index >= 15 is 0 Å². The van der Waals surface area contributed by atoms with E-state index in [0.717, 1.165) is 40.5 Å². The molecule has 4 rings (SSSR count). The fourth-order valence-corrected chi connectivity index (χ4v) is 4.41. The van der Waals surface area contributed by atoms with Gasteiger partial charge in [0.2, 0.25) is 0 Å². The first kappa shape index (κ1) is 20.8. The van der Waals surface area contributed by atoms with Crippen molar-refractivity contribution in [1.82, 2.24) is 19.7 Å². The molecule has 0 aliphatic heterocycles. The van der Waals surface area contributed by atoms with Crippen LogP contribution < -0.4 is 5.32 Å². The van der Waals surface area contributed by atoms with Crippen molar-refractivity contribution in [2.75, 3.05) is 5.32 Å². The highest BCUT2D eigenvalue weighted by molar-refractivity contribution is 9.10. The lowest BCUT2D eigenvalue weighted by molar-refractivity contribution is -0.138. The number of pyridine rings is 1. The second-order valence-corrected chi connectivity index (χ2v) is 8.51. The average molecular weight is 480 g/mol. The van der Waals surface area contributed by atoms with E-state index in [-0.39, 0.29) is 18.2 Å². The Morgan fingerprint density at radius 3 is 2.70 bits per heavy atom. The monoisotopic (exact) mass is 479 g/mol. The Labute approximate surface area is 180 Å². The molecule has 1 aliphatic rings. The van der Waals surface area contributed by atoms with Crippen molar-refractivity contribution < 1.29 is 13.2 Å². The molecule has 2 heterocycles. The number of rotatable bonds is 6. The first-order valence-electron chi connectivity index (χ1n) is 9.72. The quantitative estimate of drug-likeness (QED) is 0.504. The van der Waals surface area contributed by atoms with Crippen LogP contribution in [-0.4, -0.2) is 19.7 Å². The van der Waals surface area contributed by atoms with Crippen LogP contribution in [-0.2, 0) is 19.8 Å². The molecule has 2 aromatic heterocycles. The van der Waals surface area contributed by atoms with Gasteiger partial charge >= 0.3 is 6.18 Å². The summed E-state index contributed by atoms with van der Waals surface area (Å²) in [5.74, 6) is 1.46. The third-order valence-electron chi connectivity index (χ3n) is 5.58. The fourth-order valence-electron chi connectivity index (χ4n) is 3.90. The smallest absolute Gasteiger partial charge is 0.379 e. The number of nitrogens with one attached hydrogen (secondary N) is 1. The van der Waals surface area contributed by atoms with Crippen LogP contribution in [0.5, 0.6) is 0 Å². The maximum absolute atomic E-state index is 13.2. The molecule has 1 N–H and O–H groups in total. The topological polar surface area (TPSA) is 55.6 Å². The van der Waals surface area contributed by atoms with E-state index in [1.807, 2.05) is 29.8 Å². The van der Waals surface area contributed by atoms with Gasteiger partial charge in [-0.25, -0.2) is 0 Å². The highest BCUT2D eigenvalue weighted by atomic mass is 79.9. The molecule has 0 saturated heterocycles. The van der Waals surface area contributed by atoms with Gasteiger partial charge in [-0.3, -0.25) is 4.98 Å². The Kier molecular flexibility index (Phi) is 5.81. The molecule has 1 atom stereocenters. The predicted octanol–water partition coefficient (Wildman–Crippen LogP) is 5.54. The summed E-state index contributed by atoms with van der Waals surface area (Å²) in [6, 6.07) is 8.24. The predicted molar refractivity (Wildman–Crippen MR) is 111 cm³/mol. The zero-order valence-electron chi connectivity index (χ0n) is 16.3. The molecule has 1 aliphatic carbocycles. The summed E-state index contributed by atoms with van der Waals surface area (Å²) in [6.07, 6.45) is 2.06. The normalized spacial score (nSPS) is 15.6. The molecule has 0 amide bonds. The van der Waals surface area contributed by atoms with E-state index in [1.54, 1.807) is 6.33 Å². The van der Waals surface area contributed by atoms with Gasteiger partial charge in [0.15, 0.2) is 0 Å². The Morgan fingerprint density at radius 2 is 2.07 bits per heavy atom. The van der Waals surface area contributed by atoms with E-state index in [1.165, 1.54) is 18.7 Å². The molecule has 3 aromatic rings. The summed E-state index contributed by atoms with van der Waals surface area (Å²) < 4.78 is 42.5. The lowest BCUT2D eigenvalue weighted by atomic mass is 9.72. The molecule has 5 nitrogen and oxygen atoms in total. The van der Waals surface area contributed by atoms with Crippen LogP contribution >= 0.6 is 15.9 Å². The van der Waals surface area contributed by atoms with Gasteiger partial charge in [0.05, 0.1) is 17.8 Å². The van der Waals surface area contributed by atoms with Gasteiger partial charge in [0, 0.05) is 29.3 Å². The van der Waals surface area contributed by atoms with Gasteiger partial charge in [0.1, 0.15) is 12.2 Å². The first-order chi connectivity index (χ1) is 14.3. The third-order valence-corrected chi connectivity index (χ3v) is 6.04. The molecule has 1 aromatic carbocycles. The van der Waals surface area contributed by atoms with E-state index in [4.69, 9.17) is 0 Å². The second kappa shape index (κ2) is 8.37.